The first-order chi connectivity index (χ1) is 7.31. The summed E-state index contributed by atoms with van der Waals surface area (Å²) in [6.45, 7) is 0. The zero-order chi connectivity index (χ0) is 12.3. The van der Waals surface area contributed by atoms with E-state index in [4.69, 9.17) is 17.3 Å². The summed E-state index contributed by atoms with van der Waals surface area (Å²) in [5.74, 6) is -0.679. The van der Waals surface area contributed by atoms with E-state index in [2.05, 4.69) is 0 Å². The predicted molar refractivity (Wildman–Crippen MR) is 60.9 cm³/mol. The highest BCUT2D eigenvalue weighted by molar-refractivity contribution is 6.31. The fourth-order valence-electron chi connectivity index (χ4n) is 1.28. The maximum absolute atomic E-state index is 13.0. The highest BCUT2D eigenvalue weighted by Crippen LogP contribution is 2.30. The smallest absolute Gasteiger partial charge is 0.324 e. The van der Waals surface area contributed by atoms with Gasteiger partial charge in [0, 0.05) is 12.5 Å². The average Bonchev–Trinajstić information content (AvgIpc) is 2.17. The summed E-state index contributed by atoms with van der Waals surface area (Å²) in [7, 11) is 0. The number of benzene rings is 1. The molecular weight excluding hydrogens is 281 g/mol. The van der Waals surface area contributed by atoms with Crippen molar-refractivity contribution in [3.8, 4) is 0 Å². The van der Waals surface area contributed by atoms with E-state index < -0.39 is 24.5 Å². The number of alkyl halides is 3. The van der Waals surface area contributed by atoms with Crippen LogP contribution in [0.4, 0.5) is 17.6 Å². The van der Waals surface area contributed by atoms with Gasteiger partial charge in [0.05, 0.1) is 5.02 Å². The topological polar surface area (TPSA) is 26.0 Å². The average molecular weight is 292 g/mol. The van der Waals surface area contributed by atoms with Crippen molar-refractivity contribution in [3.05, 3.63) is 34.6 Å². The van der Waals surface area contributed by atoms with E-state index in [1.54, 1.807) is 0 Å². The number of nitrogens with two attached hydrogens (primary N) is 1. The Bertz CT molecular complexity index is 368. The lowest BCUT2D eigenvalue weighted by Crippen LogP contribution is -2.16. The van der Waals surface area contributed by atoms with E-state index in [-0.39, 0.29) is 29.4 Å². The van der Waals surface area contributed by atoms with Crippen molar-refractivity contribution >= 4 is 24.0 Å². The van der Waals surface area contributed by atoms with Crippen molar-refractivity contribution in [2.45, 2.75) is 25.1 Å². The molecule has 1 aromatic rings. The van der Waals surface area contributed by atoms with Gasteiger partial charge in [-0.2, -0.15) is 13.2 Å². The van der Waals surface area contributed by atoms with Gasteiger partial charge in [0.1, 0.15) is 5.82 Å². The van der Waals surface area contributed by atoms with E-state index in [0.29, 0.717) is 0 Å². The molecule has 0 aliphatic rings. The molecule has 98 valence electrons. The summed E-state index contributed by atoms with van der Waals surface area (Å²) >= 11 is 5.60. The molecule has 0 radical (unpaired) electrons. The Morgan fingerprint density at radius 2 is 1.88 bits per heavy atom. The van der Waals surface area contributed by atoms with Crippen molar-refractivity contribution < 1.29 is 17.6 Å². The molecule has 1 aromatic carbocycles. The zero-order valence-corrected chi connectivity index (χ0v) is 10.2. The normalized spacial score (nSPS) is 13.1. The molecule has 0 bridgehead atoms. The van der Waals surface area contributed by atoms with Gasteiger partial charge in [-0.1, -0.05) is 23.7 Å². The van der Waals surface area contributed by atoms with Gasteiger partial charge in [0.25, 0.3) is 0 Å². The van der Waals surface area contributed by atoms with Crippen LogP contribution >= 0.6 is 24.0 Å². The SMILES string of the molecule is Cl.N[C@@H](CCC(F)(F)F)c1cccc(F)c1Cl. The molecule has 0 amide bonds. The molecule has 0 unspecified atom stereocenters. The summed E-state index contributed by atoms with van der Waals surface area (Å²) in [6.07, 6.45) is -5.59. The first kappa shape index (κ1) is 16.5. The molecule has 17 heavy (non-hydrogen) atoms. The van der Waals surface area contributed by atoms with Gasteiger partial charge in [0.15, 0.2) is 0 Å². The summed E-state index contributed by atoms with van der Waals surface area (Å²) < 4.78 is 48.9. The molecule has 0 aromatic heterocycles. The Morgan fingerprint density at radius 3 is 2.41 bits per heavy atom. The molecule has 0 heterocycles. The third-order valence-electron chi connectivity index (χ3n) is 2.12. The molecule has 7 heteroatoms. The van der Waals surface area contributed by atoms with Crippen LogP contribution in [-0.4, -0.2) is 6.18 Å². The first-order valence-electron chi connectivity index (χ1n) is 4.57. The molecule has 0 saturated carbocycles. The van der Waals surface area contributed by atoms with Gasteiger partial charge in [0.2, 0.25) is 0 Å². The Morgan fingerprint density at radius 1 is 1.29 bits per heavy atom. The van der Waals surface area contributed by atoms with Crippen LogP contribution in [0.2, 0.25) is 5.02 Å². The van der Waals surface area contributed by atoms with Crippen molar-refractivity contribution in [2.24, 2.45) is 5.73 Å². The molecule has 0 fully saturated rings. The number of halogens is 6. The van der Waals surface area contributed by atoms with E-state index in [1.807, 2.05) is 0 Å². The minimum absolute atomic E-state index is 0. The molecule has 0 aliphatic carbocycles. The third-order valence-corrected chi connectivity index (χ3v) is 2.52. The largest absolute Gasteiger partial charge is 0.389 e. The fourth-order valence-corrected chi connectivity index (χ4v) is 1.55. The van der Waals surface area contributed by atoms with Crippen LogP contribution in [0, 0.1) is 5.82 Å². The fraction of sp³-hybridized carbons (Fsp3) is 0.400. The Hall–Kier alpha value is -0.520. The van der Waals surface area contributed by atoms with Gasteiger partial charge in [-0.3, -0.25) is 0 Å². The van der Waals surface area contributed by atoms with Gasteiger partial charge in [-0.05, 0) is 18.1 Å². The summed E-state index contributed by atoms with van der Waals surface area (Å²) in [4.78, 5) is 0. The van der Waals surface area contributed by atoms with E-state index >= 15 is 0 Å². The second-order valence-electron chi connectivity index (χ2n) is 3.40. The van der Waals surface area contributed by atoms with Crippen LogP contribution in [0.1, 0.15) is 24.4 Å². The van der Waals surface area contributed by atoms with Crippen molar-refractivity contribution in [2.75, 3.05) is 0 Å². The van der Waals surface area contributed by atoms with Gasteiger partial charge in [-0.25, -0.2) is 4.39 Å². The highest BCUT2D eigenvalue weighted by atomic mass is 35.5. The number of hydrogen-bond acceptors (Lipinski definition) is 1. The molecule has 0 saturated heterocycles. The standard InChI is InChI=1S/C10H10ClF4N.ClH/c11-9-6(2-1-3-7(9)12)8(16)4-5-10(13,14)15;/h1-3,8H,4-5,16H2;1H/t8-;/m0./s1. The molecular formula is C10H11Cl2F4N. The lowest BCUT2D eigenvalue weighted by atomic mass is 10.0. The Kier molecular flexibility index (Phi) is 6.23. The second-order valence-corrected chi connectivity index (χ2v) is 3.78. The van der Waals surface area contributed by atoms with Gasteiger partial charge >= 0.3 is 6.18 Å². The molecule has 1 nitrogen and oxygen atoms in total. The van der Waals surface area contributed by atoms with Crippen molar-refractivity contribution in [1.29, 1.82) is 0 Å². The third kappa shape index (κ3) is 5.10. The van der Waals surface area contributed by atoms with Crippen LogP contribution < -0.4 is 5.73 Å². The zero-order valence-electron chi connectivity index (χ0n) is 8.60. The Balaban J connectivity index is 0.00000256. The lowest BCUT2D eigenvalue weighted by molar-refractivity contribution is -0.136. The van der Waals surface area contributed by atoms with Crippen molar-refractivity contribution in [3.63, 3.8) is 0 Å². The molecule has 0 aliphatic heterocycles. The Labute approximate surface area is 107 Å². The quantitative estimate of drug-likeness (QED) is 0.828. The summed E-state index contributed by atoms with van der Waals surface area (Å²) in [5.41, 5.74) is 5.72. The monoisotopic (exact) mass is 291 g/mol. The predicted octanol–water partition coefficient (Wildman–Crippen LogP) is 4.24. The minimum atomic E-state index is -4.27. The molecule has 1 rings (SSSR count). The summed E-state index contributed by atoms with van der Waals surface area (Å²) in [5, 5.41) is -0.211. The maximum atomic E-state index is 13.0. The molecule has 2 N–H and O–H groups in total. The van der Waals surface area contributed by atoms with Crippen LogP contribution in [-0.2, 0) is 0 Å². The first-order valence-corrected chi connectivity index (χ1v) is 4.95. The molecule has 0 spiro atoms. The summed E-state index contributed by atoms with van der Waals surface area (Å²) in [6, 6.07) is 3.00. The second kappa shape index (κ2) is 6.42. The minimum Gasteiger partial charge on any atom is -0.324 e. The van der Waals surface area contributed by atoms with Crippen LogP contribution in [0.15, 0.2) is 18.2 Å². The van der Waals surface area contributed by atoms with Crippen LogP contribution in [0.3, 0.4) is 0 Å². The number of rotatable bonds is 3. The van der Waals surface area contributed by atoms with Crippen LogP contribution in [0.5, 0.6) is 0 Å². The van der Waals surface area contributed by atoms with E-state index in [1.165, 1.54) is 12.1 Å². The molecule has 1 atom stereocenters. The van der Waals surface area contributed by atoms with E-state index in [0.717, 1.165) is 6.07 Å². The number of hydrogen-bond donors (Lipinski definition) is 1. The lowest BCUT2D eigenvalue weighted by Gasteiger charge is -2.15. The maximum Gasteiger partial charge on any atom is 0.389 e. The van der Waals surface area contributed by atoms with Gasteiger partial charge in [-0.15, -0.1) is 12.4 Å². The highest BCUT2D eigenvalue weighted by Gasteiger charge is 2.28. The van der Waals surface area contributed by atoms with Gasteiger partial charge < -0.3 is 5.73 Å². The van der Waals surface area contributed by atoms with Crippen LogP contribution in [0.25, 0.3) is 0 Å². The van der Waals surface area contributed by atoms with E-state index in [9.17, 15) is 17.6 Å². The van der Waals surface area contributed by atoms with Crippen molar-refractivity contribution in [1.82, 2.24) is 0 Å².